The number of hydrogen-bond acceptors (Lipinski definition) is 5. The van der Waals surface area contributed by atoms with Gasteiger partial charge in [0.05, 0.1) is 19.9 Å². The lowest BCUT2D eigenvalue weighted by Gasteiger charge is -2.08. The summed E-state index contributed by atoms with van der Waals surface area (Å²) in [5.74, 6) is 1.91. The maximum atomic E-state index is 12.9. The van der Waals surface area contributed by atoms with Gasteiger partial charge in [0.15, 0.2) is 11.5 Å². The minimum Gasteiger partial charge on any atom is -0.493 e. The van der Waals surface area contributed by atoms with Crippen LogP contribution in [0.2, 0.25) is 0 Å². The number of nitrogens with zero attached hydrogens (tertiary/aromatic N) is 1. The van der Waals surface area contributed by atoms with E-state index in [2.05, 4.69) is 4.98 Å². The molecule has 0 fully saturated rings. The molecule has 6 heteroatoms. The Hall–Kier alpha value is -2.05. The summed E-state index contributed by atoms with van der Waals surface area (Å²) < 4.78 is 23.5. The van der Waals surface area contributed by atoms with Gasteiger partial charge in [-0.3, -0.25) is 0 Å². The molecule has 0 saturated carbocycles. The summed E-state index contributed by atoms with van der Waals surface area (Å²) in [6.07, 6.45) is 0. The molecule has 3 nitrogen and oxygen atoms in total. The lowest BCUT2D eigenvalue weighted by atomic mass is 10.2. The number of rotatable bonds is 6. The van der Waals surface area contributed by atoms with Gasteiger partial charge in [-0.05, 0) is 42.5 Å². The van der Waals surface area contributed by atoms with Crippen LogP contribution in [0.25, 0.3) is 10.6 Å². The van der Waals surface area contributed by atoms with Crippen LogP contribution in [0.4, 0.5) is 4.39 Å². The first kappa shape index (κ1) is 16.8. The summed E-state index contributed by atoms with van der Waals surface area (Å²) in [5, 5.41) is 2.98. The molecule has 0 radical (unpaired) electrons. The first-order valence-electron chi connectivity index (χ1n) is 7.25. The van der Waals surface area contributed by atoms with Gasteiger partial charge in [0, 0.05) is 21.6 Å². The van der Waals surface area contributed by atoms with E-state index in [0.29, 0.717) is 11.5 Å². The molecule has 124 valence electrons. The van der Waals surface area contributed by atoms with Crippen LogP contribution < -0.4 is 9.47 Å². The molecule has 0 atom stereocenters. The van der Waals surface area contributed by atoms with E-state index in [1.165, 1.54) is 12.1 Å². The van der Waals surface area contributed by atoms with Gasteiger partial charge >= 0.3 is 0 Å². The third-order valence-corrected chi connectivity index (χ3v) is 5.37. The van der Waals surface area contributed by atoms with Crippen molar-refractivity contribution < 1.29 is 13.9 Å². The molecule has 1 heterocycles. The van der Waals surface area contributed by atoms with Gasteiger partial charge in [-0.1, -0.05) is 0 Å². The second kappa shape index (κ2) is 7.68. The number of benzene rings is 2. The third kappa shape index (κ3) is 3.88. The van der Waals surface area contributed by atoms with E-state index in [4.69, 9.17) is 9.47 Å². The van der Waals surface area contributed by atoms with E-state index >= 15 is 0 Å². The highest BCUT2D eigenvalue weighted by Gasteiger charge is 2.10. The van der Waals surface area contributed by atoms with Crippen LogP contribution in [0.1, 0.15) is 5.69 Å². The fraction of sp³-hybridized carbons (Fsp3) is 0.167. The SMILES string of the molecule is COc1ccc(-c2nc(CSc3ccc(F)cc3)cs2)cc1OC. The van der Waals surface area contributed by atoms with E-state index in [9.17, 15) is 4.39 Å². The monoisotopic (exact) mass is 361 g/mol. The molecule has 1 aromatic heterocycles. The second-order valence-electron chi connectivity index (χ2n) is 4.96. The average Bonchev–Trinajstić information content (AvgIpc) is 3.09. The van der Waals surface area contributed by atoms with Crippen molar-refractivity contribution in [1.29, 1.82) is 0 Å². The molecule has 0 aliphatic carbocycles. The van der Waals surface area contributed by atoms with Gasteiger partial charge in [-0.15, -0.1) is 23.1 Å². The smallest absolute Gasteiger partial charge is 0.161 e. The largest absolute Gasteiger partial charge is 0.493 e. The van der Waals surface area contributed by atoms with Gasteiger partial charge in [-0.25, -0.2) is 9.37 Å². The van der Waals surface area contributed by atoms with Gasteiger partial charge in [-0.2, -0.15) is 0 Å². The van der Waals surface area contributed by atoms with Crippen molar-refractivity contribution in [2.24, 2.45) is 0 Å². The van der Waals surface area contributed by atoms with Crippen LogP contribution >= 0.6 is 23.1 Å². The number of halogens is 1. The van der Waals surface area contributed by atoms with Crippen LogP contribution in [-0.2, 0) is 5.75 Å². The van der Waals surface area contributed by atoms with Crippen molar-refractivity contribution >= 4 is 23.1 Å². The quantitative estimate of drug-likeness (QED) is 0.561. The first-order chi connectivity index (χ1) is 11.7. The summed E-state index contributed by atoms with van der Waals surface area (Å²) in [5.41, 5.74) is 2.00. The second-order valence-corrected chi connectivity index (χ2v) is 6.86. The summed E-state index contributed by atoms with van der Waals surface area (Å²) in [6.45, 7) is 0. The molecular weight excluding hydrogens is 345 g/mol. The fourth-order valence-corrected chi connectivity index (χ4v) is 3.88. The van der Waals surface area contributed by atoms with Crippen LogP contribution in [-0.4, -0.2) is 19.2 Å². The lowest BCUT2D eigenvalue weighted by molar-refractivity contribution is 0.355. The zero-order chi connectivity index (χ0) is 16.9. The molecule has 0 saturated heterocycles. The average molecular weight is 361 g/mol. The molecule has 0 spiro atoms. The molecular formula is C18H16FNO2S2. The Kier molecular flexibility index (Phi) is 5.37. The molecule has 3 aromatic rings. The van der Waals surface area contributed by atoms with E-state index in [1.807, 2.05) is 23.6 Å². The standard InChI is InChI=1S/C18H16FNO2S2/c1-21-16-8-3-12(9-17(16)22-2)18-20-14(11-24-18)10-23-15-6-4-13(19)5-7-15/h3-9,11H,10H2,1-2H3. The normalized spacial score (nSPS) is 10.6. The predicted molar refractivity (Wildman–Crippen MR) is 96.6 cm³/mol. The first-order valence-corrected chi connectivity index (χ1v) is 9.11. The number of thiazole rings is 1. The van der Waals surface area contributed by atoms with E-state index in [-0.39, 0.29) is 5.82 Å². The van der Waals surface area contributed by atoms with E-state index in [0.717, 1.165) is 26.9 Å². The molecule has 0 aliphatic heterocycles. The zero-order valence-electron chi connectivity index (χ0n) is 13.3. The summed E-state index contributed by atoms with van der Waals surface area (Å²) in [4.78, 5) is 5.70. The van der Waals surface area contributed by atoms with Crippen molar-refractivity contribution in [3.63, 3.8) is 0 Å². The van der Waals surface area contributed by atoms with Crippen LogP contribution in [0, 0.1) is 5.82 Å². The lowest BCUT2D eigenvalue weighted by Crippen LogP contribution is -1.90. The molecule has 0 amide bonds. The van der Waals surface area contributed by atoms with Gasteiger partial charge in [0.2, 0.25) is 0 Å². The number of ether oxygens (including phenoxy) is 2. The molecule has 2 aromatic carbocycles. The Labute approximate surface area is 148 Å². The topological polar surface area (TPSA) is 31.4 Å². The van der Waals surface area contributed by atoms with E-state index in [1.54, 1.807) is 49.5 Å². The summed E-state index contributed by atoms with van der Waals surface area (Å²) in [6, 6.07) is 12.3. The number of methoxy groups -OCH3 is 2. The number of hydrogen-bond donors (Lipinski definition) is 0. The minimum atomic E-state index is -0.219. The molecule has 0 bridgehead atoms. The summed E-state index contributed by atoms with van der Waals surface area (Å²) in [7, 11) is 3.24. The van der Waals surface area contributed by atoms with Crippen LogP contribution in [0.15, 0.2) is 52.7 Å². The Balaban J connectivity index is 1.72. The zero-order valence-corrected chi connectivity index (χ0v) is 14.9. The Morgan fingerprint density at radius 2 is 1.79 bits per heavy atom. The van der Waals surface area contributed by atoms with Crippen LogP contribution in [0.3, 0.4) is 0 Å². The van der Waals surface area contributed by atoms with Crippen molar-refractivity contribution in [3.8, 4) is 22.1 Å². The number of thioether (sulfide) groups is 1. The van der Waals surface area contributed by atoms with Crippen molar-refractivity contribution in [2.75, 3.05) is 14.2 Å². The minimum absolute atomic E-state index is 0.219. The van der Waals surface area contributed by atoms with Crippen molar-refractivity contribution in [3.05, 3.63) is 59.4 Å². The van der Waals surface area contributed by atoms with Gasteiger partial charge in [0.1, 0.15) is 10.8 Å². The Bertz CT molecular complexity index is 818. The summed E-state index contributed by atoms with van der Waals surface area (Å²) >= 11 is 3.23. The third-order valence-electron chi connectivity index (χ3n) is 3.38. The van der Waals surface area contributed by atoms with Crippen molar-refractivity contribution in [2.45, 2.75) is 10.6 Å². The molecule has 3 rings (SSSR count). The number of aromatic nitrogens is 1. The highest BCUT2D eigenvalue weighted by molar-refractivity contribution is 7.98. The fourth-order valence-electron chi connectivity index (χ4n) is 2.16. The van der Waals surface area contributed by atoms with Gasteiger partial charge < -0.3 is 9.47 Å². The van der Waals surface area contributed by atoms with Gasteiger partial charge in [0.25, 0.3) is 0 Å². The highest BCUT2D eigenvalue weighted by Crippen LogP contribution is 2.34. The maximum absolute atomic E-state index is 12.9. The maximum Gasteiger partial charge on any atom is 0.161 e. The molecule has 0 aliphatic rings. The highest BCUT2D eigenvalue weighted by atomic mass is 32.2. The Morgan fingerprint density at radius 1 is 1.04 bits per heavy atom. The van der Waals surface area contributed by atoms with E-state index < -0.39 is 0 Å². The molecule has 0 N–H and O–H groups in total. The Morgan fingerprint density at radius 3 is 2.50 bits per heavy atom. The molecule has 24 heavy (non-hydrogen) atoms. The van der Waals surface area contributed by atoms with Crippen molar-refractivity contribution in [1.82, 2.24) is 4.98 Å². The molecule has 0 unspecified atom stereocenters. The van der Waals surface area contributed by atoms with Crippen LogP contribution in [0.5, 0.6) is 11.5 Å². The predicted octanol–water partition coefficient (Wildman–Crippen LogP) is 5.26.